The highest BCUT2D eigenvalue weighted by atomic mass is 16.8. The highest BCUT2D eigenvalue weighted by molar-refractivity contribution is 5.14. The monoisotopic (exact) mass is 374 g/mol. The van der Waals surface area contributed by atoms with Crippen LogP contribution in [0.15, 0.2) is 40.6 Å². The summed E-state index contributed by atoms with van der Waals surface area (Å²) in [4.78, 5) is 5.62. The van der Waals surface area contributed by atoms with E-state index in [1.165, 1.54) is 0 Å². The number of nitrogens with zero attached hydrogens (tertiary/aromatic N) is 6. The molecule has 1 aromatic rings. The Morgan fingerprint density at radius 2 is 1.89 bits per heavy atom. The van der Waals surface area contributed by atoms with Crippen LogP contribution in [0.25, 0.3) is 20.9 Å². The molecule has 0 amide bonds. The van der Waals surface area contributed by atoms with Crippen molar-refractivity contribution < 1.29 is 18.9 Å². The molecule has 0 radical (unpaired) electrons. The van der Waals surface area contributed by atoms with Crippen LogP contribution in [-0.2, 0) is 25.6 Å². The van der Waals surface area contributed by atoms with Gasteiger partial charge in [-0.25, -0.2) is 0 Å². The summed E-state index contributed by atoms with van der Waals surface area (Å²) < 4.78 is 24.3. The van der Waals surface area contributed by atoms with Gasteiger partial charge in [-0.15, -0.1) is 0 Å². The van der Waals surface area contributed by atoms with Crippen molar-refractivity contribution in [2.45, 2.75) is 56.8 Å². The van der Waals surface area contributed by atoms with E-state index in [1.54, 1.807) is 13.8 Å². The van der Waals surface area contributed by atoms with Crippen molar-refractivity contribution >= 4 is 0 Å². The fourth-order valence-electron chi connectivity index (χ4n) is 3.63. The van der Waals surface area contributed by atoms with Gasteiger partial charge in [0.1, 0.15) is 6.10 Å². The first-order valence-electron chi connectivity index (χ1n) is 8.71. The molecule has 0 spiro atoms. The SMILES string of the molecule is CC1(C)O[C@@H]2[C@@H](CN=[N+]=[N-])O[C@@H](OCc3ccccc3)[C@]2(CCN=[N+]=[N-])O1. The standard InChI is InChI=1S/C17H22N6O4/c1-16(2)26-14-13(10-21-23-19)25-15(17(14,27-16)8-9-20-22-18)24-11-12-6-4-3-5-7-12/h3-7,13-15H,8-11H2,1-2H3/t13-,14-,15-,17-/m1/s1. The molecule has 2 aliphatic rings. The molecule has 0 N–H and O–H groups in total. The Morgan fingerprint density at radius 3 is 2.59 bits per heavy atom. The zero-order valence-corrected chi connectivity index (χ0v) is 15.3. The number of azide groups is 2. The fourth-order valence-corrected chi connectivity index (χ4v) is 3.63. The second-order valence-electron chi connectivity index (χ2n) is 6.92. The molecule has 10 heteroatoms. The summed E-state index contributed by atoms with van der Waals surface area (Å²) in [5.74, 6) is -0.867. The topological polar surface area (TPSA) is 134 Å². The summed E-state index contributed by atoms with van der Waals surface area (Å²) in [5, 5.41) is 7.25. The Bertz CT molecular complexity index is 747. The Balaban J connectivity index is 1.85. The molecule has 0 aliphatic carbocycles. The van der Waals surface area contributed by atoms with Crippen molar-refractivity contribution in [3.05, 3.63) is 56.8 Å². The van der Waals surface area contributed by atoms with Crippen LogP contribution in [0.2, 0.25) is 0 Å². The van der Waals surface area contributed by atoms with Crippen molar-refractivity contribution in [3.63, 3.8) is 0 Å². The lowest BCUT2D eigenvalue weighted by atomic mass is 9.91. The van der Waals surface area contributed by atoms with Gasteiger partial charge in [0.15, 0.2) is 17.7 Å². The molecule has 4 atom stereocenters. The lowest BCUT2D eigenvalue weighted by Gasteiger charge is -2.32. The van der Waals surface area contributed by atoms with E-state index in [1.807, 2.05) is 30.3 Å². The van der Waals surface area contributed by atoms with E-state index in [9.17, 15) is 0 Å². The predicted molar refractivity (Wildman–Crippen MR) is 95.3 cm³/mol. The van der Waals surface area contributed by atoms with Gasteiger partial charge in [-0.1, -0.05) is 40.6 Å². The molecule has 0 aromatic heterocycles. The number of benzene rings is 1. The summed E-state index contributed by atoms with van der Waals surface area (Å²) in [6, 6.07) is 9.69. The molecule has 10 nitrogen and oxygen atoms in total. The summed E-state index contributed by atoms with van der Waals surface area (Å²) in [6.45, 7) is 4.23. The Labute approximate surface area is 156 Å². The maximum Gasteiger partial charge on any atom is 0.190 e. The van der Waals surface area contributed by atoms with Crippen molar-refractivity contribution in [1.29, 1.82) is 0 Å². The maximum atomic E-state index is 8.67. The van der Waals surface area contributed by atoms with E-state index in [0.717, 1.165) is 5.56 Å². The van der Waals surface area contributed by atoms with Crippen LogP contribution >= 0.6 is 0 Å². The zero-order chi connectivity index (χ0) is 19.3. The Kier molecular flexibility index (Phi) is 5.86. The first-order valence-corrected chi connectivity index (χ1v) is 8.71. The average molecular weight is 374 g/mol. The van der Waals surface area contributed by atoms with Crippen LogP contribution in [0.5, 0.6) is 0 Å². The maximum absolute atomic E-state index is 8.67. The molecule has 2 fully saturated rings. The number of hydrogen-bond donors (Lipinski definition) is 0. The minimum absolute atomic E-state index is 0.0923. The highest BCUT2D eigenvalue weighted by Gasteiger charge is 2.66. The van der Waals surface area contributed by atoms with E-state index in [0.29, 0.717) is 13.0 Å². The second-order valence-corrected chi connectivity index (χ2v) is 6.92. The zero-order valence-electron chi connectivity index (χ0n) is 15.3. The summed E-state index contributed by atoms with van der Waals surface area (Å²) >= 11 is 0. The molecule has 2 heterocycles. The molecule has 27 heavy (non-hydrogen) atoms. The number of ether oxygens (including phenoxy) is 4. The van der Waals surface area contributed by atoms with Gasteiger partial charge in [-0.05, 0) is 36.9 Å². The smallest absolute Gasteiger partial charge is 0.190 e. The number of hydrogen-bond acceptors (Lipinski definition) is 6. The van der Waals surface area contributed by atoms with E-state index >= 15 is 0 Å². The van der Waals surface area contributed by atoms with Crippen molar-refractivity contribution in [3.8, 4) is 0 Å². The van der Waals surface area contributed by atoms with Crippen LogP contribution in [0, 0.1) is 0 Å². The molecule has 3 rings (SSSR count). The van der Waals surface area contributed by atoms with Gasteiger partial charge < -0.3 is 18.9 Å². The van der Waals surface area contributed by atoms with Crippen LogP contribution < -0.4 is 0 Å². The van der Waals surface area contributed by atoms with Crippen LogP contribution in [0.4, 0.5) is 0 Å². The molecule has 0 saturated carbocycles. The third-order valence-electron chi connectivity index (χ3n) is 4.60. The average Bonchev–Trinajstić information content (AvgIpc) is 3.07. The summed E-state index contributed by atoms with van der Waals surface area (Å²) in [5.41, 5.74) is 17.3. The van der Waals surface area contributed by atoms with Crippen molar-refractivity contribution in [2.24, 2.45) is 10.2 Å². The highest BCUT2D eigenvalue weighted by Crippen LogP contribution is 2.49. The third-order valence-corrected chi connectivity index (χ3v) is 4.60. The minimum atomic E-state index is -0.956. The van der Waals surface area contributed by atoms with E-state index in [-0.39, 0.29) is 13.1 Å². The fraction of sp³-hybridized carbons (Fsp3) is 0.647. The van der Waals surface area contributed by atoms with Crippen molar-refractivity contribution in [1.82, 2.24) is 0 Å². The largest absolute Gasteiger partial charge is 0.345 e. The van der Waals surface area contributed by atoms with Gasteiger partial charge in [0, 0.05) is 16.4 Å². The lowest BCUT2D eigenvalue weighted by Crippen LogP contribution is -2.48. The number of rotatable bonds is 8. The quantitative estimate of drug-likeness (QED) is 0.388. The molecular weight excluding hydrogens is 352 g/mol. The predicted octanol–water partition coefficient (Wildman–Crippen LogP) is 3.83. The first kappa shape index (κ1) is 19.4. The van der Waals surface area contributed by atoms with Crippen LogP contribution in [0.1, 0.15) is 25.8 Å². The van der Waals surface area contributed by atoms with E-state index in [2.05, 4.69) is 20.1 Å². The molecule has 1 aromatic carbocycles. The van der Waals surface area contributed by atoms with Gasteiger partial charge >= 0.3 is 0 Å². The normalized spacial score (nSPS) is 31.0. The molecule has 2 aliphatic heterocycles. The molecule has 0 unspecified atom stereocenters. The van der Waals surface area contributed by atoms with Crippen molar-refractivity contribution in [2.75, 3.05) is 13.1 Å². The van der Waals surface area contributed by atoms with E-state index < -0.39 is 29.9 Å². The van der Waals surface area contributed by atoms with Gasteiger partial charge in [-0.2, -0.15) is 0 Å². The van der Waals surface area contributed by atoms with Gasteiger partial charge in [0.2, 0.25) is 0 Å². The summed E-state index contributed by atoms with van der Waals surface area (Å²) in [7, 11) is 0. The lowest BCUT2D eigenvalue weighted by molar-refractivity contribution is -0.263. The van der Waals surface area contributed by atoms with Gasteiger partial charge in [0.05, 0.1) is 19.3 Å². The third kappa shape index (κ3) is 4.17. The van der Waals surface area contributed by atoms with Gasteiger partial charge in [0.25, 0.3) is 0 Å². The minimum Gasteiger partial charge on any atom is -0.345 e. The van der Waals surface area contributed by atoms with E-state index in [4.69, 9.17) is 30.0 Å². The molecular formula is C17H22N6O4. The van der Waals surface area contributed by atoms with Crippen LogP contribution in [0.3, 0.4) is 0 Å². The second kappa shape index (κ2) is 8.14. The number of fused-ring (bicyclic) bond motifs is 1. The van der Waals surface area contributed by atoms with Crippen LogP contribution in [-0.4, -0.2) is 43.0 Å². The first-order chi connectivity index (χ1) is 13.0. The molecule has 0 bridgehead atoms. The molecule has 2 saturated heterocycles. The van der Waals surface area contributed by atoms with Gasteiger partial charge in [-0.3, -0.25) is 0 Å². The molecule has 144 valence electrons. The Hall–Kier alpha value is -2.32. The summed E-state index contributed by atoms with van der Waals surface area (Å²) in [6.07, 6.45) is -1.42. The Morgan fingerprint density at radius 1 is 1.15 bits per heavy atom.